The Hall–Kier alpha value is -1.66. The zero-order valence-electron chi connectivity index (χ0n) is 11.0. The summed E-state index contributed by atoms with van der Waals surface area (Å²) in [6, 6.07) is 5.24. The third-order valence-electron chi connectivity index (χ3n) is 2.66. The van der Waals surface area contributed by atoms with Crippen LogP contribution in [0.5, 0.6) is 11.5 Å². The minimum Gasteiger partial charge on any atom is -0.504 e. The molecule has 2 N–H and O–H groups in total. The average Bonchev–Trinajstić information content (AvgIpc) is 2.88. The second-order valence-electron chi connectivity index (χ2n) is 3.99. The number of hydrogen-bond acceptors (Lipinski definition) is 6. The van der Waals surface area contributed by atoms with Crippen molar-refractivity contribution in [3.8, 4) is 22.1 Å². The maximum Gasteiger partial charge on any atom is 0.160 e. The van der Waals surface area contributed by atoms with Gasteiger partial charge in [0.25, 0.3) is 0 Å². The molecule has 1 aromatic carbocycles. The molecule has 0 fully saturated rings. The van der Waals surface area contributed by atoms with Crippen molar-refractivity contribution in [3.05, 3.63) is 23.2 Å². The van der Waals surface area contributed by atoms with Crippen LogP contribution < -0.4 is 10.1 Å². The van der Waals surface area contributed by atoms with Crippen molar-refractivity contribution in [2.75, 3.05) is 20.2 Å². The number of nitrogens with zero attached hydrogens (tertiary/aromatic N) is 2. The van der Waals surface area contributed by atoms with Crippen molar-refractivity contribution in [1.29, 1.82) is 0 Å². The first-order valence-electron chi connectivity index (χ1n) is 6.15. The van der Waals surface area contributed by atoms with Crippen LogP contribution >= 0.6 is 11.3 Å². The van der Waals surface area contributed by atoms with E-state index in [-0.39, 0.29) is 5.75 Å². The third-order valence-corrected chi connectivity index (χ3v) is 3.69. The fourth-order valence-electron chi connectivity index (χ4n) is 1.67. The molecule has 0 aliphatic carbocycles. The number of rotatable bonds is 6. The zero-order valence-corrected chi connectivity index (χ0v) is 11.8. The molecule has 1 heterocycles. The molecule has 102 valence electrons. The Morgan fingerprint density at radius 3 is 2.89 bits per heavy atom. The Kier molecular flexibility index (Phi) is 4.70. The van der Waals surface area contributed by atoms with E-state index in [1.165, 1.54) is 7.11 Å². The number of phenols is 1. The van der Waals surface area contributed by atoms with Gasteiger partial charge in [-0.2, -0.15) is 0 Å². The molecule has 0 aliphatic rings. The smallest absolute Gasteiger partial charge is 0.160 e. The van der Waals surface area contributed by atoms with Gasteiger partial charge in [0.15, 0.2) is 11.5 Å². The molecule has 19 heavy (non-hydrogen) atoms. The zero-order chi connectivity index (χ0) is 13.7. The van der Waals surface area contributed by atoms with E-state index in [1.54, 1.807) is 23.5 Å². The molecule has 2 rings (SSSR count). The summed E-state index contributed by atoms with van der Waals surface area (Å²) in [5.41, 5.74) is 0.852. The summed E-state index contributed by atoms with van der Waals surface area (Å²) in [4.78, 5) is 0. The molecular formula is C13H17N3O2S. The lowest BCUT2D eigenvalue weighted by Gasteiger charge is -2.03. The fraction of sp³-hybridized carbons (Fsp3) is 0.385. The SMILES string of the molecule is CCNCCc1nnc(-c2ccc(OC)c(O)c2)s1. The molecule has 1 aromatic heterocycles. The molecule has 0 bridgehead atoms. The summed E-state index contributed by atoms with van der Waals surface area (Å²) in [5, 5.41) is 23.1. The standard InChI is InChI=1S/C13H17N3O2S/c1-3-14-7-6-12-15-16-13(19-12)9-4-5-11(18-2)10(17)8-9/h4-5,8,14,17H,3,6-7H2,1-2H3. The van der Waals surface area contributed by atoms with E-state index in [1.807, 2.05) is 6.07 Å². The van der Waals surface area contributed by atoms with E-state index < -0.39 is 0 Å². The van der Waals surface area contributed by atoms with Gasteiger partial charge in [-0.15, -0.1) is 10.2 Å². The minimum atomic E-state index is 0.115. The van der Waals surface area contributed by atoms with Gasteiger partial charge in [-0.1, -0.05) is 18.3 Å². The summed E-state index contributed by atoms with van der Waals surface area (Å²) in [6.07, 6.45) is 0.869. The monoisotopic (exact) mass is 279 g/mol. The quantitative estimate of drug-likeness (QED) is 0.792. The summed E-state index contributed by atoms with van der Waals surface area (Å²) >= 11 is 1.54. The van der Waals surface area contributed by atoms with Gasteiger partial charge in [0.2, 0.25) is 0 Å². The lowest BCUT2D eigenvalue weighted by molar-refractivity contribution is 0.373. The molecule has 0 amide bonds. The normalized spacial score (nSPS) is 10.6. The summed E-state index contributed by atoms with van der Waals surface area (Å²) < 4.78 is 5.02. The number of aromatic nitrogens is 2. The Morgan fingerprint density at radius 2 is 2.21 bits per heavy atom. The molecule has 0 unspecified atom stereocenters. The first-order chi connectivity index (χ1) is 9.24. The van der Waals surface area contributed by atoms with Gasteiger partial charge in [0.05, 0.1) is 7.11 Å². The molecule has 0 atom stereocenters. The van der Waals surface area contributed by atoms with Gasteiger partial charge in [0, 0.05) is 18.5 Å². The molecule has 2 aromatic rings. The van der Waals surface area contributed by atoms with Crippen LogP contribution in [0.4, 0.5) is 0 Å². The molecule has 0 saturated heterocycles. The Balaban J connectivity index is 2.11. The van der Waals surface area contributed by atoms with Crippen LogP contribution in [-0.4, -0.2) is 35.5 Å². The highest BCUT2D eigenvalue weighted by atomic mass is 32.1. The Bertz CT molecular complexity index is 542. The average molecular weight is 279 g/mol. The number of likely N-dealkylation sites (N-methyl/N-ethyl adjacent to an activating group) is 1. The van der Waals surface area contributed by atoms with E-state index in [9.17, 15) is 5.11 Å². The number of ether oxygens (including phenoxy) is 1. The predicted octanol–water partition coefficient (Wildman–Crippen LogP) is 2.07. The van der Waals surface area contributed by atoms with Crippen molar-refractivity contribution in [3.63, 3.8) is 0 Å². The molecule has 0 spiro atoms. The maximum atomic E-state index is 9.75. The second-order valence-corrected chi connectivity index (χ2v) is 5.05. The van der Waals surface area contributed by atoms with Crippen LogP contribution in [0.25, 0.3) is 10.6 Å². The van der Waals surface area contributed by atoms with E-state index in [4.69, 9.17) is 4.74 Å². The van der Waals surface area contributed by atoms with Crippen LogP contribution in [0.15, 0.2) is 18.2 Å². The van der Waals surface area contributed by atoms with Crippen molar-refractivity contribution >= 4 is 11.3 Å². The van der Waals surface area contributed by atoms with E-state index in [0.29, 0.717) is 5.75 Å². The Morgan fingerprint density at radius 1 is 1.37 bits per heavy atom. The van der Waals surface area contributed by atoms with Crippen LogP contribution in [-0.2, 0) is 6.42 Å². The first-order valence-corrected chi connectivity index (χ1v) is 6.96. The van der Waals surface area contributed by atoms with Gasteiger partial charge in [-0.25, -0.2) is 0 Å². The van der Waals surface area contributed by atoms with E-state index >= 15 is 0 Å². The highest BCUT2D eigenvalue weighted by Crippen LogP contribution is 2.32. The van der Waals surface area contributed by atoms with Crippen molar-refractivity contribution in [1.82, 2.24) is 15.5 Å². The third kappa shape index (κ3) is 3.42. The lowest BCUT2D eigenvalue weighted by atomic mass is 10.2. The van der Waals surface area contributed by atoms with Crippen LogP contribution in [0.2, 0.25) is 0 Å². The highest BCUT2D eigenvalue weighted by Gasteiger charge is 2.09. The second kappa shape index (κ2) is 6.49. The molecule has 5 nitrogen and oxygen atoms in total. The summed E-state index contributed by atoms with van der Waals surface area (Å²) in [5.74, 6) is 0.574. The number of aromatic hydroxyl groups is 1. The lowest BCUT2D eigenvalue weighted by Crippen LogP contribution is -2.15. The van der Waals surface area contributed by atoms with Gasteiger partial charge in [-0.3, -0.25) is 0 Å². The fourth-order valence-corrected chi connectivity index (χ4v) is 2.50. The van der Waals surface area contributed by atoms with Gasteiger partial charge < -0.3 is 15.2 Å². The number of nitrogens with one attached hydrogen (secondary N) is 1. The van der Waals surface area contributed by atoms with Gasteiger partial charge >= 0.3 is 0 Å². The van der Waals surface area contributed by atoms with Crippen LogP contribution in [0.1, 0.15) is 11.9 Å². The number of phenolic OH excluding ortho intramolecular Hbond substituents is 1. The van der Waals surface area contributed by atoms with Crippen molar-refractivity contribution in [2.45, 2.75) is 13.3 Å². The van der Waals surface area contributed by atoms with Crippen LogP contribution in [0, 0.1) is 0 Å². The number of methoxy groups -OCH3 is 1. The van der Waals surface area contributed by atoms with Crippen LogP contribution in [0.3, 0.4) is 0 Å². The van der Waals surface area contributed by atoms with Gasteiger partial charge in [-0.05, 0) is 24.7 Å². The van der Waals surface area contributed by atoms with E-state index in [2.05, 4.69) is 22.4 Å². The predicted molar refractivity (Wildman–Crippen MR) is 75.8 cm³/mol. The van der Waals surface area contributed by atoms with Gasteiger partial charge in [0.1, 0.15) is 10.0 Å². The molecule has 0 aliphatic heterocycles. The van der Waals surface area contributed by atoms with Crippen molar-refractivity contribution in [2.24, 2.45) is 0 Å². The molecule has 6 heteroatoms. The first kappa shape index (κ1) is 13.8. The molecular weight excluding hydrogens is 262 g/mol. The summed E-state index contributed by atoms with van der Waals surface area (Å²) in [7, 11) is 1.53. The van der Waals surface area contributed by atoms with E-state index in [0.717, 1.165) is 35.1 Å². The molecule has 0 radical (unpaired) electrons. The highest BCUT2D eigenvalue weighted by molar-refractivity contribution is 7.14. The topological polar surface area (TPSA) is 67.3 Å². The molecule has 0 saturated carbocycles. The number of hydrogen-bond donors (Lipinski definition) is 2. The summed E-state index contributed by atoms with van der Waals surface area (Å²) in [6.45, 7) is 3.93. The maximum absolute atomic E-state index is 9.75. The van der Waals surface area contributed by atoms with Crippen molar-refractivity contribution < 1.29 is 9.84 Å². The number of benzene rings is 1. The largest absolute Gasteiger partial charge is 0.504 e. The Labute approximate surface area is 116 Å². The minimum absolute atomic E-state index is 0.115.